The highest BCUT2D eigenvalue weighted by atomic mass is 19.1. The van der Waals surface area contributed by atoms with Gasteiger partial charge in [-0.2, -0.15) is 0 Å². The number of nitrogens with zero attached hydrogens (tertiary/aromatic N) is 6. The number of hydrogen-bond donors (Lipinski definition) is 0. The Kier molecular flexibility index (Phi) is 5.18. The van der Waals surface area contributed by atoms with E-state index in [1.807, 2.05) is 0 Å². The van der Waals surface area contributed by atoms with Gasteiger partial charge in [0.25, 0.3) is 11.4 Å². The van der Waals surface area contributed by atoms with Gasteiger partial charge in [-0.1, -0.05) is 0 Å². The first-order chi connectivity index (χ1) is 11.5. The van der Waals surface area contributed by atoms with Gasteiger partial charge in [-0.15, -0.1) is 15.0 Å². The van der Waals surface area contributed by atoms with E-state index in [9.17, 15) is 24.6 Å². The number of hydrogen-bond acceptors (Lipinski definition) is 7. The molecule has 1 aromatic heterocycles. The lowest BCUT2D eigenvalue weighted by molar-refractivity contribution is -0.385. The molecule has 0 fully saturated rings. The summed E-state index contributed by atoms with van der Waals surface area (Å²) in [6.45, 7) is 0. The first-order valence-corrected chi connectivity index (χ1v) is 6.35. The fourth-order valence-corrected chi connectivity index (χ4v) is 1.56. The van der Waals surface area contributed by atoms with E-state index in [4.69, 9.17) is 0 Å². The van der Waals surface area contributed by atoms with Crippen LogP contribution in [-0.4, -0.2) is 30.1 Å². The average Bonchev–Trinajstić information content (AvgIpc) is 3.10. The molecule has 3 aromatic rings. The van der Waals surface area contributed by atoms with Gasteiger partial charge in [0.1, 0.15) is 5.82 Å². The second-order valence-electron chi connectivity index (χ2n) is 4.23. The van der Waals surface area contributed by atoms with Crippen LogP contribution >= 0.6 is 0 Å². The van der Waals surface area contributed by atoms with Gasteiger partial charge in [-0.25, -0.2) is 4.39 Å². The first kappa shape index (κ1) is 16.6. The van der Waals surface area contributed by atoms with Crippen LogP contribution in [0.5, 0.6) is 0 Å². The zero-order valence-electron chi connectivity index (χ0n) is 11.9. The quantitative estimate of drug-likeness (QED) is 0.531. The molecule has 0 aliphatic heterocycles. The third kappa shape index (κ3) is 4.37. The lowest BCUT2D eigenvalue weighted by atomic mass is 10.3. The Morgan fingerprint density at radius 3 is 1.79 bits per heavy atom. The second kappa shape index (κ2) is 7.49. The largest absolute Gasteiger partial charge is 0.269 e. The molecule has 1 heterocycles. The standard InChI is InChI=1S/C7H5N5O2.C6H4FNO2/c13-12(14)7-3-1-6(2-4-7)11-9-5-8-10-11;7-5-1-3-6(4-2-5)8(9)10/h1-5H;1-4H. The minimum Gasteiger partial charge on any atom is -0.258 e. The molecule has 24 heavy (non-hydrogen) atoms. The third-order valence-corrected chi connectivity index (χ3v) is 2.68. The fraction of sp³-hybridized carbons (Fsp3) is 0. The molecule has 3 rings (SSSR count). The van der Waals surface area contributed by atoms with Gasteiger partial charge >= 0.3 is 0 Å². The van der Waals surface area contributed by atoms with Crippen LogP contribution in [0.25, 0.3) is 5.69 Å². The molecule has 0 saturated heterocycles. The highest BCUT2D eigenvalue weighted by Gasteiger charge is 2.05. The maximum absolute atomic E-state index is 12.1. The Morgan fingerprint density at radius 1 is 0.875 bits per heavy atom. The Hall–Kier alpha value is -3.76. The number of nitro benzene ring substituents is 2. The molecule has 0 N–H and O–H groups in total. The van der Waals surface area contributed by atoms with Crippen LogP contribution in [0.1, 0.15) is 0 Å². The van der Waals surface area contributed by atoms with Crippen LogP contribution < -0.4 is 0 Å². The maximum Gasteiger partial charge on any atom is 0.269 e. The summed E-state index contributed by atoms with van der Waals surface area (Å²) in [4.78, 5) is 20.6. The van der Waals surface area contributed by atoms with Crippen molar-refractivity contribution in [3.05, 3.63) is 80.9 Å². The molecule has 2 aromatic carbocycles. The molecule has 0 aliphatic rings. The molecule has 122 valence electrons. The highest BCUT2D eigenvalue weighted by molar-refractivity contribution is 5.39. The van der Waals surface area contributed by atoms with E-state index in [1.54, 1.807) is 12.1 Å². The molecular formula is C13H9FN6O4. The molecule has 0 atom stereocenters. The second-order valence-corrected chi connectivity index (χ2v) is 4.23. The SMILES string of the molecule is O=[N+]([O-])c1ccc(-n2ncnn2)cc1.O=[N+]([O-])c1ccc(F)cc1. The summed E-state index contributed by atoms with van der Waals surface area (Å²) >= 11 is 0. The van der Waals surface area contributed by atoms with Gasteiger partial charge in [-0.3, -0.25) is 20.2 Å². The number of non-ortho nitro benzene ring substituents is 2. The topological polar surface area (TPSA) is 130 Å². The van der Waals surface area contributed by atoms with E-state index < -0.39 is 15.7 Å². The molecule has 0 saturated carbocycles. The Balaban J connectivity index is 0.000000185. The van der Waals surface area contributed by atoms with E-state index in [0.717, 1.165) is 24.3 Å². The summed E-state index contributed by atoms with van der Waals surface area (Å²) in [6.07, 6.45) is 1.29. The molecule has 0 spiro atoms. The smallest absolute Gasteiger partial charge is 0.258 e. The fourth-order valence-electron chi connectivity index (χ4n) is 1.56. The van der Waals surface area contributed by atoms with Crippen molar-refractivity contribution in [2.75, 3.05) is 0 Å². The van der Waals surface area contributed by atoms with Crippen LogP contribution in [0.3, 0.4) is 0 Å². The van der Waals surface area contributed by atoms with Crippen molar-refractivity contribution in [3.63, 3.8) is 0 Å². The summed E-state index contributed by atoms with van der Waals surface area (Å²) in [5.41, 5.74) is 0.573. The normalized spacial score (nSPS) is 9.71. The van der Waals surface area contributed by atoms with Crippen LogP contribution in [0.4, 0.5) is 15.8 Å². The van der Waals surface area contributed by atoms with Crippen molar-refractivity contribution >= 4 is 11.4 Å². The Morgan fingerprint density at radius 2 is 1.38 bits per heavy atom. The zero-order chi connectivity index (χ0) is 17.5. The molecule has 0 aliphatic carbocycles. The van der Waals surface area contributed by atoms with Crippen LogP contribution in [0, 0.1) is 26.0 Å². The van der Waals surface area contributed by atoms with E-state index >= 15 is 0 Å². The minimum atomic E-state index is -0.570. The predicted molar refractivity (Wildman–Crippen MR) is 78.9 cm³/mol. The Labute approximate surface area is 133 Å². The van der Waals surface area contributed by atoms with Crippen molar-refractivity contribution in [2.24, 2.45) is 0 Å². The van der Waals surface area contributed by atoms with E-state index in [2.05, 4.69) is 15.4 Å². The van der Waals surface area contributed by atoms with Gasteiger partial charge in [0, 0.05) is 24.3 Å². The van der Waals surface area contributed by atoms with Gasteiger partial charge in [0.05, 0.1) is 15.5 Å². The average molecular weight is 332 g/mol. The first-order valence-electron chi connectivity index (χ1n) is 6.35. The van der Waals surface area contributed by atoms with Crippen molar-refractivity contribution in [1.82, 2.24) is 20.2 Å². The van der Waals surface area contributed by atoms with Gasteiger partial charge in [0.2, 0.25) is 0 Å². The molecule has 0 radical (unpaired) electrons. The predicted octanol–water partition coefficient (Wildman–Crippen LogP) is 2.30. The van der Waals surface area contributed by atoms with E-state index in [-0.39, 0.29) is 11.4 Å². The number of benzene rings is 2. The number of halogens is 1. The van der Waals surface area contributed by atoms with Crippen molar-refractivity contribution < 1.29 is 14.2 Å². The van der Waals surface area contributed by atoms with Crippen LogP contribution in [-0.2, 0) is 0 Å². The number of nitro groups is 2. The number of aromatic nitrogens is 4. The molecule has 10 nitrogen and oxygen atoms in total. The third-order valence-electron chi connectivity index (χ3n) is 2.68. The molecule has 0 unspecified atom stereocenters. The summed E-state index contributed by atoms with van der Waals surface area (Å²) in [6, 6.07) is 10.2. The van der Waals surface area contributed by atoms with E-state index in [0.29, 0.717) is 5.69 Å². The molecular weight excluding hydrogens is 323 g/mol. The summed E-state index contributed by atoms with van der Waals surface area (Å²) < 4.78 is 12.1. The van der Waals surface area contributed by atoms with Crippen LogP contribution in [0.15, 0.2) is 54.9 Å². The van der Waals surface area contributed by atoms with Crippen molar-refractivity contribution in [1.29, 1.82) is 0 Å². The number of tetrazole rings is 1. The van der Waals surface area contributed by atoms with Gasteiger partial charge < -0.3 is 0 Å². The zero-order valence-corrected chi connectivity index (χ0v) is 11.9. The van der Waals surface area contributed by atoms with Crippen LogP contribution in [0.2, 0.25) is 0 Å². The molecule has 0 bridgehead atoms. The molecule has 11 heteroatoms. The van der Waals surface area contributed by atoms with E-state index in [1.165, 1.54) is 23.3 Å². The summed E-state index contributed by atoms with van der Waals surface area (Å²) in [7, 11) is 0. The lowest BCUT2D eigenvalue weighted by Crippen LogP contribution is -1.98. The van der Waals surface area contributed by atoms with Gasteiger partial charge in [0.15, 0.2) is 6.33 Å². The maximum atomic E-state index is 12.1. The summed E-state index contributed by atoms with van der Waals surface area (Å²) in [5.74, 6) is -0.467. The monoisotopic (exact) mass is 332 g/mol. The van der Waals surface area contributed by atoms with Crippen molar-refractivity contribution in [2.45, 2.75) is 0 Å². The number of rotatable bonds is 3. The van der Waals surface area contributed by atoms with Crippen molar-refractivity contribution in [3.8, 4) is 5.69 Å². The minimum absolute atomic E-state index is 0.0360. The Bertz CT molecular complexity index is 821. The molecule has 0 amide bonds. The lowest BCUT2D eigenvalue weighted by Gasteiger charge is -1.96. The van der Waals surface area contributed by atoms with Gasteiger partial charge in [-0.05, 0) is 29.5 Å². The summed E-state index contributed by atoms with van der Waals surface area (Å²) in [5, 5.41) is 31.3. The highest BCUT2D eigenvalue weighted by Crippen LogP contribution is 2.13.